The van der Waals surface area contributed by atoms with Crippen LogP contribution in [0.5, 0.6) is 0 Å². The maximum atomic E-state index is 12.8. The first-order valence-electron chi connectivity index (χ1n) is 15.6. The van der Waals surface area contributed by atoms with Crippen LogP contribution in [0.3, 0.4) is 0 Å². The molecule has 0 radical (unpaired) electrons. The number of nitrogens with one attached hydrogen (secondary N) is 2. The van der Waals surface area contributed by atoms with Crippen LogP contribution in [0.25, 0.3) is 39.3 Å². The number of aryl methyl sites for hydroxylation is 3. The molecule has 48 heavy (non-hydrogen) atoms. The van der Waals surface area contributed by atoms with Crippen molar-refractivity contribution < 1.29 is 100 Å². The Kier molecular flexibility index (Phi) is 13.5. The van der Waals surface area contributed by atoms with Crippen molar-refractivity contribution in [2.45, 2.75) is 79.1 Å². The quantitative estimate of drug-likeness (QED) is 0.190. The number of nitrogens with zero attached hydrogens (tertiary/aromatic N) is 2. The Labute approximate surface area is 335 Å². The molecular formula is C36H40KN4O6Zn+3. The first-order valence-corrected chi connectivity index (χ1v) is 15.6. The van der Waals surface area contributed by atoms with Crippen LogP contribution in [-0.2, 0) is 51.4 Å². The van der Waals surface area contributed by atoms with E-state index in [1.807, 2.05) is 39.0 Å². The molecule has 5 heterocycles. The van der Waals surface area contributed by atoms with E-state index in [1.165, 1.54) is 0 Å². The summed E-state index contributed by atoms with van der Waals surface area (Å²) in [5.41, 5.74) is 9.66. The second-order valence-electron chi connectivity index (χ2n) is 11.9. The van der Waals surface area contributed by atoms with Crippen molar-refractivity contribution >= 4 is 57.2 Å². The molecule has 0 aromatic carbocycles. The van der Waals surface area contributed by atoms with Gasteiger partial charge < -0.3 is 24.9 Å². The molecule has 0 aliphatic carbocycles. The molecule has 2 aliphatic heterocycles. The van der Waals surface area contributed by atoms with Crippen LogP contribution in [0.4, 0.5) is 0 Å². The Morgan fingerprint density at radius 2 is 1.62 bits per heavy atom. The molecule has 3 aromatic rings. The summed E-state index contributed by atoms with van der Waals surface area (Å²) in [6.07, 6.45) is 2.49. The number of carboxylic acid groups (broad SMARTS) is 2. The van der Waals surface area contributed by atoms with Crippen LogP contribution < -0.4 is 51.4 Å². The number of fused-ring (bicyclic) bond motifs is 8. The van der Waals surface area contributed by atoms with Crippen LogP contribution in [0, 0.1) is 13.8 Å². The Morgan fingerprint density at radius 3 is 2.23 bits per heavy atom. The van der Waals surface area contributed by atoms with Crippen LogP contribution in [-0.4, -0.2) is 54.7 Å². The first kappa shape index (κ1) is 39.7. The van der Waals surface area contributed by atoms with Gasteiger partial charge in [0.25, 0.3) is 0 Å². The number of ether oxygens (including phenoxy) is 1. The smallest absolute Gasteiger partial charge is 0.481 e. The zero-order valence-corrected chi connectivity index (χ0v) is 34.9. The predicted octanol–water partition coefficient (Wildman–Crippen LogP) is 4.01. The summed E-state index contributed by atoms with van der Waals surface area (Å²) in [5, 5.41) is 20.5. The van der Waals surface area contributed by atoms with E-state index in [-0.39, 0.29) is 119 Å². The zero-order valence-electron chi connectivity index (χ0n) is 28.8. The Hall–Kier alpha value is -2.73. The van der Waals surface area contributed by atoms with Gasteiger partial charge in [0.2, 0.25) is 0 Å². The third kappa shape index (κ3) is 7.54. The van der Waals surface area contributed by atoms with Crippen molar-refractivity contribution in [2.24, 2.45) is 0 Å². The van der Waals surface area contributed by atoms with E-state index in [9.17, 15) is 24.6 Å². The normalized spacial score (nSPS) is 15.4. The fourth-order valence-electron chi connectivity index (χ4n) is 6.75. The minimum Gasteiger partial charge on any atom is -0.481 e. The fraction of sp³-hybridized carbons (Fsp3) is 0.361. The maximum absolute atomic E-state index is 12.8. The van der Waals surface area contributed by atoms with Gasteiger partial charge in [-0.25, -0.2) is 9.78 Å². The molecule has 3 aromatic heterocycles. The standard InChI is InChI=1S/C36H40N4O6.K.Zn/c1-8-21-17(4)25-14-27-19(6)23(11-12-32(43)46-10-3)34(39-27)24(13-31(41)42)35-33(36(44)45)20(7)28(40-35)16-30-22(9-2)18(5)26(38-30)15-29(21)37-25;;/h8,14-16,19,23,37-38H,1,9-13H2,2-7H3,(H,41,42)(H,44,45);;/q;+1;+2/t19-,23-;;/m0../s1. The zero-order chi connectivity index (χ0) is 33.4. The molecule has 0 spiro atoms. The van der Waals surface area contributed by atoms with Gasteiger partial charge in [-0.05, 0) is 81.0 Å². The number of allylic oxidation sites excluding steroid dienone is 1. The van der Waals surface area contributed by atoms with E-state index in [2.05, 4.69) is 29.5 Å². The van der Waals surface area contributed by atoms with Gasteiger partial charge in [0.1, 0.15) is 0 Å². The molecule has 2 atom stereocenters. The van der Waals surface area contributed by atoms with Crippen molar-refractivity contribution in [3.8, 4) is 0 Å². The van der Waals surface area contributed by atoms with Crippen molar-refractivity contribution in [1.82, 2.24) is 19.9 Å². The monoisotopic (exact) mass is 727 g/mol. The third-order valence-electron chi connectivity index (χ3n) is 9.24. The number of hydrogen-bond donors (Lipinski definition) is 4. The molecule has 240 valence electrons. The average molecular weight is 729 g/mol. The number of carbonyl (C=O) groups is 3. The summed E-state index contributed by atoms with van der Waals surface area (Å²) < 4.78 is 5.19. The number of aliphatic carboxylic acids is 2. The minimum absolute atomic E-state index is 0. The average Bonchev–Trinajstić information content (AvgIpc) is 3.68. The summed E-state index contributed by atoms with van der Waals surface area (Å²) >= 11 is 0. The van der Waals surface area contributed by atoms with Gasteiger partial charge in [-0.15, -0.1) is 0 Å². The van der Waals surface area contributed by atoms with E-state index >= 15 is 0 Å². The summed E-state index contributed by atoms with van der Waals surface area (Å²) in [5.74, 6) is -3.31. The molecule has 8 bridgehead atoms. The summed E-state index contributed by atoms with van der Waals surface area (Å²) in [4.78, 5) is 54.4. The van der Waals surface area contributed by atoms with Crippen LogP contribution in [0.2, 0.25) is 0 Å². The summed E-state index contributed by atoms with van der Waals surface area (Å²) in [7, 11) is 0. The van der Waals surface area contributed by atoms with E-state index < -0.39 is 18.4 Å². The van der Waals surface area contributed by atoms with E-state index in [4.69, 9.17) is 14.7 Å². The molecule has 5 rings (SSSR count). The molecule has 0 fully saturated rings. The number of H-pyrrole nitrogens is 2. The minimum atomic E-state index is -1.20. The number of esters is 1. The largest absolute Gasteiger partial charge is 2.00 e. The van der Waals surface area contributed by atoms with Gasteiger partial charge >= 0.3 is 88.8 Å². The molecule has 0 amide bonds. The Bertz CT molecular complexity index is 1990. The van der Waals surface area contributed by atoms with Crippen molar-refractivity contribution in [3.63, 3.8) is 0 Å². The number of rotatable bonds is 9. The second kappa shape index (κ2) is 16.3. The first-order chi connectivity index (χ1) is 21.9. The summed E-state index contributed by atoms with van der Waals surface area (Å²) in [6, 6.07) is 5.84. The second-order valence-corrected chi connectivity index (χ2v) is 11.9. The molecule has 4 N–H and O–H groups in total. The fourth-order valence-corrected chi connectivity index (χ4v) is 6.75. The van der Waals surface area contributed by atoms with E-state index in [0.717, 1.165) is 50.7 Å². The van der Waals surface area contributed by atoms with Gasteiger partial charge in [-0.3, -0.25) is 14.6 Å². The van der Waals surface area contributed by atoms with Crippen LogP contribution in [0.1, 0.15) is 103 Å². The Morgan fingerprint density at radius 1 is 0.958 bits per heavy atom. The van der Waals surface area contributed by atoms with Crippen molar-refractivity contribution in [3.05, 3.63) is 75.4 Å². The molecule has 2 aliphatic rings. The predicted molar refractivity (Wildman–Crippen MR) is 178 cm³/mol. The number of carboxylic acids is 2. The van der Waals surface area contributed by atoms with Crippen molar-refractivity contribution in [2.75, 3.05) is 6.61 Å². The molecule has 0 saturated carbocycles. The van der Waals surface area contributed by atoms with Gasteiger partial charge in [-0.1, -0.05) is 26.5 Å². The van der Waals surface area contributed by atoms with Gasteiger partial charge in [0, 0.05) is 57.1 Å². The van der Waals surface area contributed by atoms with Crippen LogP contribution >= 0.6 is 0 Å². The Balaban J connectivity index is 0.00000312. The molecule has 10 nitrogen and oxygen atoms in total. The SMILES string of the molecule is C=Cc1c(C)c2cc3nc(c(CC(=O)O)c4nc(cc5[nH]c(cc1[nH]2)c(C)c5CC)C(C)=C4C(=O)O)[C@@H](CCC(=O)OCC)[C@@H]3C.[K+].[Zn+2]. The molecular weight excluding hydrogens is 689 g/mol. The number of carbonyl (C=O) groups excluding carboxylic acids is 1. The molecule has 0 unspecified atom stereocenters. The van der Waals surface area contributed by atoms with E-state index in [0.29, 0.717) is 29.1 Å². The molecule has 0 saturated heterocycles. The summed E-state index contributed by atoms with van der Waals surface area (Å²) in [6.45, 7) is 15.8. The van der Waals surface area contributed by atoms with Gasteiger partial charge in [0.15, 0.2) is 0 Å². The van der Waals surface area contributed by atoms with Gasteiger partial charge in [0.05, 0.1) is 35.7 Å². The third-order valence-corrected chi connectivity index (χ3v) is 9.24. The maximum Gasteiger partial charge on any atom is 2.00 e. The number of hydrogen-bond acceptors (Lipinski definition) is 6. The van der Waals surface area contributed by atoms with Gasteiger partial charge in [-0.2, -0.15) is 0 Å². The topological polar surface area (TPSA) is 158 Å². The number of aromatic nitrogens is 4. The molecule has 12 heteroatoms. The van der Waals surface area contributed by atoms with Crippen molar-refractivity contribution in [1.29, 1.82) is 0 Å². The van der Waals surface area contributed by atoms with E-state index in [1.54, 1.807) is 13.8 Å². The number of aromatic amines is 2. The van der Waals surface area contributed by atoms with Crippen LogP contribution in [0.15, 0.2) is 24.8 Å².